The molecule has 0 aromatic heterocycles. The lowest BCUT2D eigenvalue weighted by atomic mass is 9.76. The van der Waals surface area contributed by atoms with Gasteiger partial charge < -0.3 is 5.73 Å². The van der Waals surface area contributed by atoms with Gasteiger partial charge in [0.25, 0.3) is 0 Å². The van der Waals surface area contributed by atoms with Crippen LogP contribution in [0.5, 0.6) is 0 Å². The van der Waals surface area contributed by atoms with Gasteiger partial charge in [-0.2, -0.15) is 0 Å². The fourth-order valence-electron chi connectivity index (χ4n) is 3.30. The molecule has 0 radical (unpaired) electrons. The summed E-state index contributed by atoms with van der Waals surface area (Å²) >= 11 is 0. The molecule has 2 nitrogen and oxygen atoms in total. The minimum absolute atomic E-state index is 0.434. The average molecular weight is 196 g/mol. The third-order valence-corrected chi connectivity index (χ3v) is 4.21. The second-order valence-electron chi connectivity index (χ2n) is 5.37. The monoisotopic (exact) mass is 196 g/mol. The van der Waals surface area contributed by atoms with Crippen LogP contribution in [0.2, 0.25) is 0 Å². The van der Waals surface area contributed by atoms with E-state index in [1.165, 1.54) is 38.8 Å². The Bertz CT molecular complexity index is 191. The standard InChI is InChI=1S/C12H24N2/c1-9(2)10-6-8-14-7-4-3-5-11(14)12(10)13/h9-12H,3-8,13H2,1-2H3/t10-,11+,12-/m1/s1. The highest BCUT2D eigenvalue weighted by molar-refractivity contribution is 4.94. The molecule has 0 bridgehead atoms. The number of hydrogen-bond acceptors (Lipinski definition) is 2. The number of hydrogen-bond donors (Lipinski definition) is 1. The summed E-state index contributed by atoms with van der Waals surface area (Å²) < 4.78 is 0. The normalized spacial score (nSPS) is 39.9. The predicted octanol–water partition coefficient (Wildman–Crippen LogP) is 1.84. The fraction of sp³-hybridized carbons (Fsp3) is 1.00. The molecule has 2 fully saturated rings. The molecule has 0 spiro atoms. The van der Waals surface area contributed by atoms with E-state index in [0.29, 0.717) is 12.1 Å². The van der Waals surface area contributed by atoms with E-state index in [4.69, 9.17) is 5.73 Å². The molecule has 0 amide bonds. The van der Waals surface area contributed by atoms with Crippen molar-refractivity contribution >= 4 is 0 Å². The van der Waals surface area contributed by atoms with Crippen LogP contribution in [0.3, 0.4) is 0 Å². The van der Waals surface area contributed by atoms with Crippen molar-refractivity contribution in [2.75, 3.05) is 13.1 Å². The molecular formula is C12H24N2. The maximum atomic E-state index is 6.39. The first kappa shape index (κ1) is 10.4. The Balaban J connectivity index is 2.03. The maximum Gasteiger partial charge on any atom is 0.0250 e. The number of nitrogens with two attached hydrogens (primary N) is 1. The third kappa shape index (κ3) is 1.82. The molecule has 2 N–H and O–H groups in total. The van der Waals surface area contributed by atoms with Gasteiger partial charge in [0.1, 0.15) is 0 Å². The maximum absolute atomic E-state index is 6.39. The molecule has 0 aromatic carbocycles. The van der Waals surface area contributed by atoms with Crippen LogP contribution in [0.4, 0.5) is 0 Å². The van der Waals surface area contributed by atoms with E-state index in [-0.39, 0.29) is 0 Å². The Labute approximate surface area is 87.8 Å². The summed E-state index contributed by atoms with van der Waals surface area (Å²) in [6.07, 6.45) is 5.43. The van der Waals surface area contributed by atoms with Crippen LogP contribution in [0.1, 0.15) is 39.5 Å². The largest absolute Gasteiger partial charge is 0.326 e. The number of nitrogens with zero attached hydrogens (tertiary/aromatic N) is 1. The van der Waals surface area contributed by atoms with Crippen molar-refractivity contribution in [3.05, 3.63) is 0 Å². The summed E-state index contributed by atoms with van der Waals surface area (Å²) in [5.74, 6) is 1.52. The van der Waals surface area contributed by atoms with Gasteiger partial charge in [0, 0.05) is 12.1 Å². The molecule has 2 aliphatic heterocycles. The minimum atomic E-state index is 0.434. The van der Waals surface area contributed by atoms with Gasteiger partial charge in [-0.05, 0) is 44.2 Å². The lowest BCUT2D eigenvalue weighted by Crippen LogP contribution is -2.58. The molecule has 0 unspecified atom stereocenters. The van der Waals surface area contributed by atoms with Crippen LogP contribution in [0, 0.1) is 11.8 Å². The van der Waals surface area contributed by atoms with E-state index >= 15 is 0 Å². The second-order valence-corrected chi connectivity index (χ2v) is 5.37. The number of fused-ring (bicyclic) bond motifs is 1. The van der Waals surface area contributed by atoms with Crippen molar-refractivity contribution in [3.63, 3.8) is 0 Å². The summed E-state index contributed by atoms with van der Waals surface area (Å²) in [5, 5.41) is 0. The Morgan fingerprint density at radius 2 is 1.93 bits per heavy atom. The minimum Gasteiger partial charge on any atom is -0.326 e. The molecule has 2 heteroatoms. The van der Waals surface area contributed by atoms with Gasteiger partial charge in [-0.3, -0.25) is 4.90 Å². The first-order valence-electron chi connectivity index (χ1n) is 6.20. The summed E-state index contributed by atoms with van der Waals surface area (Å²) in [5.41, 5.74) is 6.39. The van der Waals surface area contributed by atoms with Crippen molar-refractivity contribution in [3.8, 4) is 0 Å². The molecular weight excluding hydrogens is 172 g/mol. The molecule has 0 aliphatic carbocycles. The lowest BCUT2D eigenvalue weighted by Gasteiger charge is -2.47. The Hall–Kier alpha value is -0.0800. The average Bonchev–Trinajstić information content (AvgIpc) is 2.18. The van der Waals surface area contributed by atoms with Crippen molar-refractivity contribution in [1.29, 1.82) is 0 Å². The van der Waals surface area contributed by atoms with Gasteiger partial charge in [0.05, 0.1) is 0 Å². The smallest absolute Gasteiger partial charge is 0.0250 e. The van der Waals surface area contributed by atoms with E-state index in [1.807, 2.05) is 0 Å². The molecule has 2 rings (SSSR count). The summed E-state index contributed by atoms with van der Waals surface area (Å²) in [6, 6.07) is 1.13. The van der Waals surface area contributed by atoms with Crippen molar-refractivity contribution in [2.45, 2.75) is 51.6 Å². The van der Waals surface area contributed by atoms with Crippen LogP contribution in [-0.2, 0) is 0 Å². The van der Waals surface area contributed by atoms with E-state index in [9.17, 15) is 0 Å². The zero-order valence-corrected chi connectivity index (χ0v) is 9.58. The van der Waals surface area contributed by atoms with Gasteiger partial charge in [-0.15, -0.1) is 0 Å². The Kier molecular flexibility index (Phi) is 3.13. The Morgan fingerprint density at radius 1 is 1.14 bits per heavy atom. The van der Waals surface area contributed by atoms with Crippen LogP contribution in [-0.4, -0.2) is 30.1 Å². The zero-order chi connectivity index (χ0) is 10.1. The first-order valence-corrected chi connectivity index (χ1v) is 6.20. The first-order chi connectivity index (χ1) is 6.70. The topological polar surface area (TPSA) is 29.3 Å². The highest BCUT2D eigenvalue weighted by atomic mass is 15.2. The molecule has 0 saturated carbocycles. The molecule has 82 valence electrons. The van der Waals surface area contributed by atoms with E-state index < -0.39 is 0 Å². The molecule has 2 aliphatic rings. The third-order valence-electron chi connectivity index (χ3n) is 4.21. The van der Waals surface area contributed by atoms with E-state index in [2.05, 4.69) is 18.7 Å². The molecule has 0 aromatic rings. The number of rotatable bonds is 1. The molecule has 3 atom stereocenters. The van der Waals surface area contributed by atoms with E-state index in [1.54, 1.807) is 0 Å². The van der Waals surface area contributed by atoms with Gasteiger partial charge in [0.2, 0.25) is 0 Å². The zero-order valence-electron chi connectivity index (χ0n) is 9.58. The summed E-state index contributed by atoms with van der Waals surface area (Å²) in [6.45, 7) is 7.23. The van der Waals surface area contributed by atoms with Crippen molar-refractivity contribution in [1.82, 2.24) is 4.90 Å². The van der Waals surface area contributed by atoms with Crippen LogP contribution < -0.4 is 5.73 Å². The lowest BCUT2D eigenvalue weighted by molar-refractivity contribution is 0.0436. The quantitative estimate of drug-likeness (QED) is 0.693. The summed E-state index contributed by atoms with van der Waals surface area (Å²) in [7, 11) is 0. The Morgan fingerprint density at radius 3 is 2.64 bits per heavy atom. The van der Waals surface area contributed by atoms with Crippen LogP contribution >= 0.6 is 0 Å². The molecule has 14 heavy (non-hydrogen) atoms. The van der Waals surface area contributed by atoms with Gasteiger partial charge in [0.15, 0.2) is 0 Å². The summed E-state index contributed by atoms with van der Waals surface area (Å²) in [4.78, 5) is 2.63. The van der Waals surface area contributed by atoms with E-state index in [0.717, 1.165) is 11.8 Å². The van der Waals surface area contributed by atoms with Gasteiger partial charge >= 0.3 is 0 Å². The highest BCUT2D eigenvalue weighted by Crippen LogP contribution is 2.32. The van der Waals surface area contributed by atoms with Gasteiger partial charge in [-0.1, -0.05) is 20.3 Å². The SMILES string of the molecule is CC(C)[C@H]1CCN2CCCC[C@H]2[C@@H]1N. The highest BCUT2D eigenvalue weighted by Gasteiger charge is 2.37. The van der Waals surface area contributed by atoms with Crippen molar-refractivity contribution < 1.29 is 0 Å². The van der Waals surface area contributed by atoms with Crippen LogP contribution in [0.15, 0.2) is 0 Å². The number of piperidine rings is 2. The fourth-order valence-corrected chi connectivity index (χ4v) is 3.30. The molecule has 2 heterocycles. The van der Waals surface area contributed by atoms with Crippen molar-refractivity contribution in [2.24, 2.45) is 17.6 Å². The van der Waals surface area contributed by atoms with Crippen LogP contribution in [0.25, 0.3) is 0 Å². The molecule has 2 saturated heterocycles. The van der Waals surface area contributed by atoms with Gasteiger partial charge in [-0.25, -0.2) is 0 Å². The predicted molar refractivity (Wildman–Crippen MR) is 60.1 cm³/mol. The second kappa shape index (κ2) is 4.19.